The lowest BCUT2D eigenvalue weighted by molar-refractivity contribution is -0.385. The van der Waals surface area contributed by atoms with E-state index < -0.39 is 10.9 Å². The molecule has 0 unspecified atom stereocenters. The number of ether oxygens (including phenoxy) is 1. The quantitative estimate of drug-likeness (QED) is 0.366. The lowest BCUT2D eigenvalue weighted by atomic mass is 10.0. The van der Waals surface area contributed by atoms with E-state index in [1.165, 1.54) is 30.2 Å². The predicted octanol–water partition coefficient (Wildman–Crippen LogP) is 2.68. The smallest absolute Gasteiger partial charge is 0.340 e. The molecular formula is C17H18N2O5. The van der Waals surface area contributed by atoms with E-state index in [0.29, 0.717) is 5.70 Å². The molecule has 0 spiro atoms. The Hall–Kier alpha value is -2.96. The van der Waals surface area contributed by atoms with E-state index in [9.17, 15) is 19.7 Å². The number of esters is 1. The Balaban J connectivity index is 2.66. The first kappa shape index (κ1) is 17.4. The van der Waals surface area contributed by atoms with Crippen LogP contribution in [-0.4, -0.2) is 34.9 Å². The van der Waals surface area contributed by atoms with E-state index in [4.69, 9.17) is 4.74 Å². The van der Waals surface area contributed by atoms with Crippen molar-refractivity contribution in [3.8, 4) is 0 Å². The van der Waals surface area contributed by atoms with Crippen molar-refractivity contribution < 1.29 is 19.2 Å². The highest BCUT2D eigenvalue weighted by atomic mass is 16.6. The van der Waals surface area contributed by atoms with Crippen molar-refractivity contribution in [1.82, 2.24) is 4.90 Å². The topological polar surface area (TPSA) is 89.8 Å². The van der Waals surface area contributed by atoms with Gasteiger partial charge >= 0.3 is 5.97 Å². The fourth-order valence-electron chi connectivity index (χ4n) is 2.75. The van der Waals surface area contributed by atoms with Crippen molar-refractivity contribution in [3.63, 3.8) is 0 Å². The molecule has 0 atom stereocenters. The zero-order chi connectivity index (χ0) is 18.0. The summed E-state index contributed by atoms with van der Waals surface area (Å²) in [4.78, 5) is 37.0. The number of nitro benzene ring substituents is 1. The molecule has 0 saturated carbocycles. The van der Waals surface area contributed by atoms with Crippen molar-refractivity contribution in [3.05, 3.63) is 56.8 Å². The lowest BCUT2D eigenvalue weighted by Gasteiger charge is -2.22. The van der Waals surface area contributed by atoms with Gasteiger partial charge in [0.25, 0.3) is 11.6 Å². The molecular weight excluding hydrogens is 312 g/mol. The average Bonchev–Trinajstić information content (AvgIpc) is 2.77. The minimum Gasteiger partial charge on any atom is -0.465 e. The third-order valence-corrected chi connectivity index (χ3v) is 3.78. The Kier molecular flexibility index (Phi) is 4.82. The maximum atomic E-state index is 12.7. The molecule has 0 aliphatic carbocycles. The van der Waals surface area contributed by atoms with Crippen LogP contribution in [0.2, 0.25) is 0 Å². The third kappa shape index (κ3) is 2.92. The summed E-state index contributed by atoms with van der Waals surface area (Å²) in [6.07, 6.45) is 1.37. The van der Waals surface area contributed by atoms with Crippen LogP contribution in [-0.2, 0) is 14.3 Å². The molecule has 0 fully saturated rings. The van der Waals surface area contributed by atoms with Crippen LogP contribution in [0, 0.1) is 10.1 Å². The molecule has 0 aromatic heterocycles. The van der Waals surface area contributed by atoms with Gasteiger partial charge in [-0.3, -0.25) is 14.9 Å². The van der Waals surface area contributed by atoms with Crippen LogP contribution in [0.25, 0.3) is 6.08 Å². The first-order chi connectivity index (χ1) is 11.3. The molecule has 0 saturated heterocycles. The average molecular weight is 330 g/mol. The van der Waals surface area contributed by atoms with Gasteiger partial charge in [0.15, 0.2) is 0 Å². The number of rotatable bonds is 4. The Bertz CT molecular complexity index is 777. The van der Waals surface area contributed by atoms with E-state index in [0.717, 1.165) is 0 Å². The normalized spacial score (nSPS) is 16.3. The second kappa shape index (κ2) is 6.66. The number of nitro groups is 1. The van der Waals surface area contributed by atoms with Crippen LogP contribution < -0.4 is 0 Å². The molecule has 2 rings (SSSR count). The highest BCUT2D eigenvalue weighted by Gasteiger charge is 2.38. The number of nitrogens with zero attached hydrogens (tertiary/aromatic N) is 2. The second-order valence-electron chi connectivity index (χ2n) is 5.59. The van der Waals surface area contributed by atoms with Gasteiger partial charge < -0.3 is 9.64 Å². The molecule has 0 bridgehead atoms. The molecule has 7 nitrogen and oxygen atoms in total. The van der Waals surface area contributed by atoms with Crippen molar-refractivity contribution in [2.45, 2.75) is 26.8 Å². The Morgan fingerprint density at radius 2 is 1.96 bits per heavy atom. The van der Waals surface area contributed by atoms with Gasteiger partial charge in [0.05, 0.1) is 28.7 Å². The lowest BCUT2D eigenvalue weighted by Crippen LogP contribution is -2.31. The summed E-state index contributed by atoms with van der Waals surface area (Å²) in [5.74, 6) is -1.02. The van der Waals surface area contributed by atoms with E-state index in [1.54, 1.807) is 19.1 Å². The minimum atomic E-state index is -0.645. The molecule has 7 heteroatoms. The first-order valence-electron chi connectivity index (χ1n) is 7.37. The van der Waals surface area contributed by atoms with Crippen molar-refractivity contribution in [1.29, 1.82) is 0 Å². The number of carbonyl (C=O) groups excluding carboxylic acids is 2. The third-order valence-electron chi connectivity index (χ3n) is 3.78. The Morgan fingerprint density at radius 3 is 2.50 bits per heavy atom. The Labute approximate surface area is 139 Å². The molecule has 1 aliphatic heterocycles. The zero-order valence-corrected chi connectivity index (χ0v) is 13.9. The van der Waals surface area contributed by atoms with Gasteiger partial charge in [0.1, 0.15) is 0 Å². The molecule has 1 aromatic rings. The van der Waals surface area contributed by atoms with Gasteiger partial charge in [-0.05, 0) is 32.9 Å². The van der Waals surface area contributed by atoms with Crippen LogP contribution in [0.3, 0.4) is 0 Å². The summed E-state index contributed by atoms with van der Waals surface area (Å²) in [6.45, 7) is 5.30. The van der Waals surface area contributed by atoms with Gasteiger partial charge in [0, 0.05) is 17.8 Å². The number of allylic oxidation sites excluding steroid dienone is 1. The highest BCUT2D eigenvalue weighted by Crippen LogP contribution is 2.34. The number of benzene rings is 1. The number of amides is 1. The monoisotopic (exact) mass is 330 g/mol. The van der Waals surface area contributed by atoms with E-state index in [1.807, 2.05) is 13.8 Å². The van der Waals surface area contributed by atoms with Crippen LogP contribution in [0.1, 0.15) is 26.3 Å². The van der Waals surface area contributed by atoms with Gasteiger partial charge in [0.2, 0.25) is 0 Å². The van der Waals surface area contributed by atoms with Gasteiger partial charge in [-0.2, -0.15) is 0 Å². The first-order valence-corrected chi connectivity index (χ1v) is 7.37. The summed E-state index contributed by atoms with van der Waals surface area (Å²) >= 11 is 0. The van der Waals surface area contributed by atoms with Gasteiger partial charge in [-0.15, -0.1) is 0 Å². The molecule has 0 N–H and O–H groups in total. The maximum Gasteiger partial charge on any atom is 0.340 e. The predicted molar refractivity (Wildman–Crippen MR) is 87.8 cm³/mol. The minimum absolute atomic E-state index is 0.0994. The van der Waals surface area contributed by atoms with Crippen LogP contribution in [0.15, 0.2) is 41.1 Å². The second-order valence-corrected chi connectivity index (χ2v) is 5.59. The SMILES string of the molecule is COC(=O)C1=C(C)N(C(C)C)C(=O)/C1=C/c1ccccc1[N+](=O)[O-]. The summed E-state index contributed by atoms with van der Waals surface area (Å²) < 4.78 is 4.78. The molecule has 24 heavy (non-hydrogen) atoms. The number of hydrogen-bond donors (Lipinski definition) is 0. The molecule has 126 valence electrons. The summed E-state index contributed by atoms with van der Waals surface area (Å²) in [7, 11) is 1.23. The largest absolute Gasteiger partial charge is 0.465 e. The van der Waals surface area contributed by atoms with E-state index in [2.05, 4.69) is 0 Å². The van der Waals surface area contributed by atoms with Gasteiger partial charge in [-0.1, -0.05) is 12.1 Å². The number of carbonyl (C=O) groups is 2. The number of para-hydroxylation sites is 1. The fraction of sp³-hybridized carbons (Fsp3) is 0.294. The summed E-state index contributed by atoms with van der Waals surface area (Å²) in [6, 6.07) is 5.89. The van der Waals surface area contributed by atoms with E-state index >= 15 is 0 Å². The molecule has 1 aromatic carbocycles. The molecule has 1 heterocycles. The van der Waals surface area contributed by atoms with Crippen molar-refractivity contribution in [2.75, 3.05) is 7.11 Å². The fourth-order valence-corrected chi connectivity index (χ4v) is 2.75. The van der Waals surface area contributed by atoms with Crippen LogP contribution in [0.5, 0.6) is 0 Å². The molecule has 1 amide bonds. The molecule has 0 radical (unpaired) electrons. The van der Waals surface area contributed by atoms with Gasteiger partial charge in [-0.25, -0.2) is 4.79 Å². The summed E-state index contributed by atoms with van der Waals surface area (Å²) in [5, 5.41) is 11.2. The highest BCUT2D eigenvalue weighted by molar-refractivity contribution is 6.16. The number of methoxy groups -OCH3 is 1. The summed E-state index contributed by atoms with van der Waals surface area (Å²) in [5.41, 5.74) is 0.830. The number of hydrogen-bond acceptors (Lipinski definition) is 5. The standard InChI is InChI=1S/C17H18N2O5/c1-10(2)18-11(3)15(17(21)24-4)13(16(18)20)9-12-7-5-6-8-14(12)19(22)23/h5-10H,1-4H3/b13-9+. The Morgan fingerprint density at radius 1 is 1.33 bits per heavy atom. The van der Waals surface area contributed by atoms with E-state index in [-0.39, 0.29) is 34.3 Å². The molecule has 1 aliphatic rings. The van der Waals surface area contributed by atoms with Crippen molar-refractivity contribution >= 4 is 23.6 Å². The zero-order valence-electron chi connectivity index (χ0n) is 13.9. The van der Waals surface area contributed by atoms with Crippen molar-refractivity contribution in [2.24, 2.45) is 0 Å². The maximum absolute atomic E-state index is 12.7. The van der Waals surface area contributed by atoms with Crippen LogP contribution >= 0.6 is 0 Å². The van der Waals surface area contributed by atoms with Crippen LogP contribution in [0.4, 0.5) is 5.69 Å².